The van der Waals surface area contributed by atoms with Crippen LogP contribution in [0, 0.1) is 11.3 Å². The van der Waals surface area contributed by atoms with Gasteiger partial charge in [-0.15, -0.1) is 0 Å². The van der Waals surface area contributed by atoms with Crippen molar-refractivity contribution in [2.75, 3.05) is 0 Å². The lowest BCUT2D eigenvalue weighted by molar-refractivity contribution is 0.304. The predicted octanol–water partition coefficient (Wildman–Crippen LogP) is 1.55. The summed E-state index contributed by atoms with van der Waals surface area (Å²) in [5.74, 6) is 1.19. The molecule has 0 bridgehead atoms. The highest BCUT2D eigenvalue weighted by Gasteiger charge is 2.17. The van der Waals surface area contributed by atoms with E-state index in [2.05, 4.69) is 47.6 Å². The summed E-state index contributed by atoms with van der Waals surface area (Å²) >= 11 is 0. The largest absolute Gasteiger partial charge is 0.336 e. The van der Waals surface area contributed by atoms with Gasteiger partial charge in [0.1, 0.15) is 11.3 Å². The molecule has 0 aliphatic heterocycles. The van der Waals surface area contributed by atoms with Crippen molar-refractivity contribution in [3.63, 3.8) is 0 Å². The maximum absolute atomic E-state index is 11.6. The van der Waals surface area contributed by atoms with Gasteiger partial charge < -0.3 is 4.98 Å². The normalized spacial score (nSPS) is 13.9. The van der Waals surface area contributed by atoms with E-state index in [9.17, 15) is 9.59 Å². The van der Waals surface area contributed by atoms with E-state index in [0.29, 0.717) is 17.1 Å². The third kappa shape index (κ3) is 3.33. The fraction of sp³-hybridized carbons (Fsp3) is 0.615. The third-order valence-corrected chi connectivity index (χ3v) is 2.94. The van der Waals surface area contributed by atoms with E-state index in [1.54, 1.807) is 0 Å². The first-order valence-electron chi connectivity index (χ1n) is 6.46. The molecule has 0 amide bonds. The summed E-state index contributed by atoms with van der Waals surface area (Å²) in [5.41, 5.74) is -0.0412. The Bertz CT molecular complexity index is 687. The molecule has 3 N–H and O–H groups in total. The van der Waals surface area contributed by atoms with Crippen molar-refractivity contribution in [3.05, 3.63) is 26.7 Å². The summed E-state index contributed by atoms with van der Waals surface area (Å²) in [7, 11) is 0. The first kappa shape index (κ1) is 13.6. The van der Waals surface area contributed by atoms with Gasteiger partial charge in [-0.05, 0) is 17.8 Å². The minimum atomic E-state index is -0.529. The minimum Gasteiger partial charge on any atom is -0.336 e. The summed E-state index contributed by atoms with van der Waals surface area (Å²) in [6.07, 6.45) is 1.82. The van der Waals surface area contributed by atoms with Gasteiger partial charge in [-0.1, -0.05) is 27.7 Å². The van der Waals surface area contributed by atoms with Crippen LogP contribution in [0.1, 0.15) is 39.9 Å². The first-order valence-corrected chi connectivity index (χ1v) is 6.46. The average molecular weight is 264 g/mol. The zero-order valence-electron chi connectivity index (χ0n) is 11.8. The van der Waals surface area contributed by atoms with Gasteiger partial charge in [-0.3, -0.25) is 14.8 Å². The van der Waals surface area contributed by atoms with Crippen LogP contribution in [-0.4, -0.2) is 19.9 Å². The lowest BCUT2D eigenvalue weighted by atomic mass is 9.84. The van der Waals surface area contributed by atoms with Crippen LogP contribution in [-0.2, 0) is 6.42 Å². The van der Waals surface area contributed by atoms with Gasteiger partial charge in [0, 0.05) is 6.42 Å². The van der Waals surface area contributed by atoms with Crippen LogP contribution in [0.5, 0.6) is 0 Å². The Morgan fingerprint density at radius 3 is 2.47 bits per heavy atom. The summed E-state index contributed by atoms with van der Waals surface area (Å²) < 4.78 is 0. The third-order valence-electron chi connectivity index (χ3n) is 2.94. The van der Waals surface area contributed by atoms with Gasteiger partial charge in [0.15, 0.2) is 5.65 Å². The predicted molar refractivity (Wildman–Crippen MR) is 74.3 cm³/mol. The maximum atomic E-state index is 11.6. The Balaban J connectivity index is 2.25. The molecule has 2 rings (SSSR count). The van der Waals surface area contributed by atoms with Crippen LogP contribution >= 0.6 is 0 Å². The van der Waals surface area contributed by atoms with Crippen molar-refractivity contribution in [1.82, 2.24) is 19.9 Å². The Morgan fingerprint density at radius 1 is 1.16 bits per heavy atom. The number of aromatic nitrogens is 4. The smallest absolute Gasteiger partial charge is 0.327 e. The van der Waals surface area contributed by atoms with Gasteiger partial charge in [0.25, 0.3) is 5.56 Å². The van der Waals surface area contributed by atoms with E-state index in [0.717, 1.165) is 18.7 Å². The zero-order valence-corrected chi connectivity index (χ0v) is 11.8. The molecule has 2 aromatic heterocycles. The molecular weight excluding hydrogens is 244 g/mol. The fourth-order valence-corrected chi connectivity index (χ4v) is 2.53. The Hall–Kier alpha value is -1.85. The molecule has 0 saturated carbocycles. The molecule has 104 valence electrons. The molecule has 0 aromatic carbocycles. The highest BCUT2D eigenvalue weighted by Crippen LogP contribution is 2.25. The van der Waals surface area contributed by atoms with Crippen LogP contribution in [0.2, 0.25) is 0 Å². The lowest BCUT2D eigenvalue weighted by Gasteiger charge is -2.22. The van der Waals surface area contributed by atoms with Gasteiger partial charge in [-0.2, -0.15) is 0 Å². The minimum absolute atomic E-state index is 0.261. The average Bonchev–Trinajstić information content (AvgIpc) is 2.56. The second-order valence-electron chi connectivity index (χ2n) is 6.39. The van der Waals surface area contributed by atoms with Crippen LogP contribution in [0.4, 0.5) is 0 Å². The Labute approximate surface area is 110 Å². The van der Waals surface area contributed by atoms with Crippen molar-refractivity contribution in [2.24, 2.45) is 11.3 Å². The van der Waals surface area contributed by atoms with E-state index in [-0.39, 0.29) is 5.41 Å². The zero-order chi connectivity index (χ0) is 14.2. The summed E-state index contributed by atoms with van der Waals surface area (Å²) in [4.78, 5) is 34.7. The molecule has 19 heavy (non-hydrogen) atoms. The van der Waals surface area contributed by atoms with Gasteiger partial charge >= 0.3 is 5.69 Å². The molecule has 0 aliphatic carbocycles. The summed E-state index contributed by atoms with van der Waals surface area (Å²) in [6, 6.07) is 0. The number of fused-ring (bicyclic) bond motifs is 1. The molecular formula is C13H20N4O2. The molecule has 0 aliphatic rings. The molecule has 6 heteroatoms. The molecule has 0 radical (unpaired) electrons. The number of H-pyrrole nitrogens is 3. The lowest BCUT2D eigenvalue weighted by Crippen LogP contribution is -2.21. The van der Waals surface area contributed by atoms with E-state index >= 15 is 0 Å². The molecule has 6 nitrogen and oxygen atoms in total. The van der Waals surface area contributed by atoms with Crippen molar-refractivity contribution in [3.8, 4) is 0 Å². The van der Waals surface area contributed by atoms with Crippen molar-refractivity contribution in [1.29, 1.82) is 0 Å². The standard InChI is InChI=1S/C13H20N4O2/c1-7(6-13(2,3)4)5-8-14-9-10(15-8)16-12(19)17-11(9)18/h7H,5-6H2,1-4H3,(H3,14,15,16,17,18,19). The van der Waals surface area contributed by atoms with Crippen molar-refractivity contribution >= 4 is 11.2 Å². The van der Waals surface area contributed by atoms with E-state index in [1.165, 1.54) is 0 Å². The molecule has 1 unspecified atom stereocenters. The topological polar surface area (TPSA) is 94.4 Å². The molecule has 0 fully saturated rings. The molecule has 0 saturated heterocycles. The SMILES string of the molecule is CC(Cc1nc2[nH]c(=O)[nH]c(=O)c2[nH]1)CC(C)(C)C. The highest BCUT2D eigenvalue weighted by molar-refractivity contribution is 5.68. The molecule has 1 atom stereocenters. The number of imidazole rings is 1. The number of hydrogen-bond donors (Lipinski definition) is 3. The number of nitrogens with zero attached hydrogens (tertiary/aromatic N) is 1. The second kappa shape index (κ2) is 4.68. The highest BCUT2D eigenvalue weighted by atomic mass is 16.2. The van der Waals surface area contributed by atoms with Crippen LogP contribution in [0.15, 0.2) is 9.59 Å². The maximum Gasteiger partial charge on any atom is 0.327 e. The first-order chi connectivity index (χ1) is 8.74. The van der Waals surface area contributed by atoms with Crippen molar-refractivity contribution < 1.29 is 0 Å². The van der Waals surface area contributed by atoms with Gasteiger partial charge in [0.05, 0.1) is 0 Å². The Morgan fingerprint density at radius 2 is 1.84 bits per heavy atom. The second-order valence-corrected chi connectivity index (χ2v) is 6.39. The summed E-state index contributed by atoms with van der Waals surface area (Å²) in [6.45, 7) is 8.75. The monoisotopic (exact) mass is 264 g/mol. The fourth-order valence-electron chi connectivity index (χ4n) is 2.53. The van der Waals surface area contributed by atoms with Crippen molar-refractivity contribution in [2.45, 2.75) is 40.5 Å². The van der Waals surface area contributed by atoms with Gasteiger partial charge in [-0.25, -0.2) is 9.78 Å². The number of nitrogens with one attached hydrogen (secondary N) is 3. The number of rotatable bonds is 3. The number of hydrogen-bond acceptors (Lipinski definition) is 3. The van der Waals surface area contributed by atoms with Crippen LogP contribution in [0.25, 0.3) is 11.2 Å². The van der Waals surface area contributed by atoms with Crippen LogP contribution in [0.3, 0.4) is 0 Å². The molecule has 0 spiro atoms. The van der Waals surface area contributed by atoms with Crippen LogP contribution < -0.4 is 11.2 Å². The quantitative estimate of drug-likeness (QED) is 0.785. The molecule has 2 aromatic rings. The summed E-state index contributed by atoms with van der Waals surface area (Å²) in [5, 5.41) is 0. The van der Waals surface area contributed by atoms with Gasteiger partial charge in [0.2, 0.25) is 0 Å². The van der Waals surface area contributed by atoms with E-state index in [4.69, 9.17) is 0 Å². The van der Waals surface area contributed by atoms with E-state index < -0.39 is 11.2 Å². The molecule has 2 heterocycles. The van der Waals surface area contributed by atoms with E-state index in [1.807, 2.05) is 0 Å². The Kier molecular flexibility index (Phi) is 3.34. The number of aromatic amines is 3.